The third-order valence-corrected chi connectivity index (χ3v) is 3.16. The molecule has 2 aromatic rings. The average Bonchev–Trinajstić information content (AvgIpc) is 2.93. The highest BCUT2D eigenvalue weighted by Gasteiger charge is 2.12. The van der Waals surface area contributed by atoms with Crippen LogP contribution in [-0.2, 0) is 6.54 Å². The van der Waals surface area contributed by atoms with Gasteiger partial charge in [0.15, 0.2) is 5.76 Å². The Morgan fingerprint density at radius 2 is 2.15 bits per heavy atom. The fourth-order valence-electron chi connectivity index (χ4n) is 2.13. The second-order valence-electron chi connectivity index (χ2n) is 5.33. The van der Waals surface area contributed by atoms with E-state index in [0.717, 1.165) is 23.7 Å². The Balaban J connectivity index is 1.84. The smallest absolute Gasteiger partial charge is 0.287 e. The number of carbonyl (C=O) groups excluding carboxylic acids is 1. The minimum Gasteiger partial charge on any atom is -0.456 e. The molecular formula is C15H21N3O2. The van der Waals surface area contributed by atoms with E-state index in [1.807, 2.05) is 25.5 Å². The van der Waals surface area contributed by atoms with E-state index < -0.39 is 0 Å². The summed E-state index contributed by atoms with van der Waals surface area (Å²) in [5.74, 6) is 1.23. The Bertz CT molecular complexity index is 598. The van der Waals surface area contributed by atoms with Crippen molar-refractivity contribution in [3.05, 3.63) is 41.1 Å². The molecule has 2 heterocycles. The summed E-state index contributed by atoms with van der Waals surface area (Å²) in [6.45, 7) is 9.31. The molecule has 0 spiro atoms. The summed E-state index contributed by atoms with van der Waals surface area (Å²) in [6.07, 6.45) is 0. The van der Waals surface area contributed by atoms with Gasteiger partial charge in [-0.05, 0) is 44.9 Å². The molecule has 2 rings (SSSR count). The van der Waals surface area contributed by atoms with Crippen molar-refractivity contribution >= 4 is 5.91 Å². The molecule has 0 aromatic carbocycles. The molecule has 0 fully saturated rings. The van der Waals surface area contributed by atoms with E-state index in [9.17, 15) is 4.79 Å². The van der Waals surface area contributed by atoms with Crippen LogP contribution in [0.5, 0.6) is 0 Å². The molecule has 108 valence electrons. The molecule has 2 aromatic heterocycles. The van der Waals surface area contributed by atoms with Gasteiger partial charge in [0.2, 0.25) is 0 Å². The maximum absolute atomic E-state index is 11.9. The largest absolute Gasteiger partial charge is 0.456 e. The highest BCUT2D eigenvalue weighted by atomic mass is 16.3. The summed E-state index contributed by atoms with van der Waals surface area (Å²) in [4.78, 5) is 11.9. The fourth-order valence-corrected chi connectivity index (χ4v) is 2.13. The molecule has 0 aliphatic carbocycles. The maximum Gasteiger partial charge on any atom is 0.287 e. The first-order valence-electron chi connectivity index (χ1n) is 6.81. The SMILES string of the molecule is Cc1cc(C)n(CC(C)CNC(=O)c2ccc(C)o2)n1. The van der Waals surface area contributed by atoms with E-state index in [0.29, 0.717) is 18.2 Å². The number of aryl methyl sites for hydroxylation is 3. The lowest BCUT2D eigenvalue weighted by molar-refractivity contribution is 0.0917. The van der Waals surface area contributed by atoms with Crippen LogP contribution in [0.15, 0.2) is 22.6 Å². The number of rotatable bonds is 5. The molecule has 20 heavy (non-hydrogen) atoms. The zero-order chi connectivity index (χ0) is 14.7. The van der Waals surface area contributed by atoms with Crippen LogP contribution in [0.4, 0.5) is 0 Å². The summed E-state index contributed by atoms with van der Waals surface area (Å²) in [7, 11) is 0. The highest BCUT2D eigenvalue weighted by molar-refractivity contribution is 5.91. The Hall–Kier alpha value is -2.04. The lowest BCUT2D eigenvalue weighted by Crippen LogP contribution is -2.30. The van der Waals surface area contributed by atoms with E-state index in [-0.39, 0.29) is 5.91 Å². The van der Waals surface area contributed by atoms with Crippen LogP contribution in [-0.4, -0.2) is 22.2 Å². The van der Waals surface area contributed by atoms with E-state index in [4.69, 9.17) is 4.42 Å². The minimum absolute atomic E-state index is 0.168. The van der Waals surface area contributed by atoms with Gasteiger partial charge < -0.3 is 9.73 Å². The number of nitrogens with zero attached hydrogens (tertiary/aromatic N) is 2. The van der Waals surface area contributed by atoms with Crippen molar-refractivity contribution in [2.24, 2.45) is 5.92 Å². The number of carbonyl (C=O) groups is 1. The van der Waals surface area contributed by atoms with Crippen molar-refractivity contribution in [1.82, 2.24) is 15.1 Å². The maximum atomic E-state index is 11.9. The van der Waals surface area contributed by atoms with Crippen molar-refractivity contribution in [3.8, 4) is 0 Å². The first-order valence-corrected chi connectivity index (χ1v) is 6.81. The zero-order valence-corrected chi connectivity index (χ0v) is 12.4. The molecule has 0 bridgehead atoms. The van der Waals surface area contributed by atoms with E-state index in [2.05, 4.69) is 23.4 Å². The van der Waals surface area contributed by atoms with Crippen LogP contribution in [0.25, 0.3) is 0 Å². The molecule has 5 nitrogen and oxygen atoms in total. The summed E-state index contributed by atoms with van der Waals surface area (Å²) in [6, 6.07) is 5.53. The van der Waals surface area contributed by atoms with Crippen LogP contribution >= 0.6 is 0 Å². The van der Waals surface area contributed by atoms with Crippen molar-refractivity contribution < 1.29 is 9.21 Å². The summed E-state index contributed by atoms with van der Waals surface area (Å²) < 4.78 is 7.26. The van der Waals surface area contributed by atoms with Crippen LogP contribution in [0, 0.1) is 26.7 Å². The van der Waals surface area contributed by atoms with Gasteiger partial charge in [-0.25, -0.2) is 0 Å². The van der Waals surface area contributed by atoms with Gasteiger partial charge in [-0.1, -0.05) is 6.92 Å². The summed E-state index contributed by atoms with van der Waals surface area (Å²) >= 11 is 0. The van der Waals surface area contributed by atoms with Gasteiger partial charge in [0, 0.05) is 18.8 Å². The van der Waals surface area contributed by atoms with Gasteiger partial charge >= 0.3 is 0 Å². The molecule has 0 radical (unpaired) electrons. The Morgan fingerprint density at radius 3 is 2.70 bits per heavy atom. The molecule has 1 unspecified atom stereocenters. The first kappa shape index (κ1) is 14.4. The second-order valence-corrected chi connectivity index (χ2v) is 5.33. The average molecular weight is 275 g/mol. The van der Waals surface area contributed by atoms with Gasteiger partial charge in [0.05, 0.1) is 5.69 Å². The normalized spacial score (nSPS) is 12.4. The van der Waals surface area contributed by atoms with Crippen LogP contribution in [0.1, 0.15) is 34.6 Å². The van der Waals surface area contributed by atoms with E-state index >= 15 is 0 Å². The predicted octanol–water partition coefficient (Wildman–Crippen LogP) is 2.47. The molecular weight excluding hydrogens is 254 g/mol. The van der Waals surface area contributed by atoms with Crippen LogP contribution in [0.2, 0.25) is 0 Å². The standard InChI is InChI=1S/C15H21N3O2/c1-10(9-18-12(3)7-11(2)17-18)8-16-15(19)14-6-5-13(4)20-14/h5-7,10H,8-9H2,1-4H3,(H,16,19). The monoisotopic (exact) mass is 275 g/mol. The number of furan rings is 1. The van der Waals surface area contributed by atoms with Crippen molar-refractivity contribution in [2.45, 2.75) is 34.2 Å². The van der Waals surface area contributed by atoms with E-state index in [1.165, 1.54) is 0 Å². The molecule has 1 atom stereocenters. The second kappa shape index (κ2) is 5.94. The molecule has 1 N–H and O–H groups in total. The molecule has 0 saturated carbocycles. The molecule has 1 amide bonds. The van der Waals surface area contributed by atoms with Gasteiger partial charge in [-0.3, -0.25) is 9.48 Å². The van der Waals surface area contributed by atoms with E-state index in [1.54, 1.807) is 12.1 Å². The van der Waals surface area contributed by atoms with Crippen molar-refractivity contribution in [2.75, 3.05) is 6.54 Å². The van der Waals surface area contributed by atoms with Gasteiger partial charge in [0.1, 0.15) is 5.76 Å². The molecule has 0 saturated heterocycles. The quantitative estimate of drug-likeness (QED) is 0.912. The van der Waals surface area contributed by atoms with Gasteiger partial charge in [-0.2, -0.15) is 5.10 Å². The number of hydrogen-bond donors (Lipinski definition) is 1. The van der Waals surface area contributed by atoms with Gasteiger partial charge in [-0.15, -0.1) is 0 Å². The Labute approximate surface area is 119 Å². The lowest BCUT2D eigenvalue weighted by atomic mass is 10.2. The van der Waals surface area contributed by atoms with Crippen LogP contribution in [0.3, 0.4) is 0 Å². The van der Waals surface area contributed by atoms with Gasteiger partial charge in [0.25, 0.3) is 5.91 Å². The number of aromatic nitrogens is 2. The highest BCUT2D eigenvalue weighted by Crippen LogP contribution is 2.08. The predicted molar refractivity (Wildman–Crippen MR) is 76.6 cm³/mol. The molecule has 0 aliphatic heterocycles. The van der Waals surface area contributed by atoms with Crippen molar-refractivity contribution in [1.29, 1.82) is 0 Å². The third kappa shape index (κ3) is 3.50. The zero-order valence-electron chi connectivity index (χ0n) is 12.4. The minimum atomic E-state index is -0.168. The third-order valence-electron chi connectivity index (χ3n) is 3.16. The first-order chi connectivity index (χ1) is 9.45. The Kier molecular flexibility index (Phi) is 4.27. The fraction of sp³-hybridized carbons (Fsp3) is 0.467. The number of nitrogens with one attached hydrogen (secondary N) is 1. The number of hydrogen-bond acceptors (Lipinski definition) is 3. The topological polar surface area (TPSA) is 60.1 Å². The Morgan fingerprint density at radius 1 is 1.40 bits per heavy atom. The summed E-state index contributed by atoms with van der Waals surface area (Å²) in [5, 5.41) is 7.31. The number of amides is 1. The molecule has 0 aliphatic rings. The van der Waals surface area contributed by atoms with Crippen molar-refractivity contribution in [3.63, 3.8) is 0 Å². The lowest BCUT2D eigenvalue weighted by Gasteiger charge is -2.13. The molecule has 5 heteroatoms. The van der Waals surface area contributed by atoms with Crippen LogP contribution < -0.4 is 5.32 Å². The summed E-state index contributed by atoms with van der Waals surface area (Å²) in [5.41, 5.74) is 2.16.